The van der Waals surface area contributed by atoms with E-state index in [-0.39, 0.29) is 0 Å². The first kappa shape index (κ1) is 12.9. The van der Waals surface area contributed by atoms with Crippen molar-refractivity contribution < 1.29 is 0 Å². The van der Waals surface area contributed by atoms with Gasteiger partial charge in [0.1, 0.15) is 5.52 Å². The molecule has 1 heterocycles. The fraction of sp³-hybridized carbons (Fsp3) is 0.333. The van der Waals surface area contributed by atoms with Gasteiger partial charge in [0.25, 0.3) is 0 Å². The normalized spacial score (nSPS) is 10.4. The number of terminal acetylenes is 1. The summed E-state index contributed by atoms with van der Waals surface area (Å²) in [6, 6.07) is 6.13. The van der Waals surface area contributed by atoms with Crippen LogP contribution in [0.3, 0.4) is 0 Å². The van der Waals surface area contributed by atoms with E-state index in [0.29, 0.717) is 6.42 Å². The molecule has 2 aromatic rings. The number of unbranched alkanes of at least 4 members (excludes halogenated alkanes) is 1. The third-order valence-electron chi connectivity index (χ3n) is 2.62. The van der Waals surface area contributed by atoms with Crippen molar-refractivity contribution in [3.05, 3.63) is 30.1 Å². The first-order valence-electron chi connectivity index (χ1n) is 6.16. The Balaban J connectivity index is 2.33. The maximum Gasteiger partial charge on any atom is 0.103 e. The van der Waals surface area contributed by atoms with Gasteiger partial charge in [-0.05, 0) is 24.3 Å². The minimum Gasteiger partial charge on any atom is -0.253 e. The number of fused-ring (bicyclic) bond motifs is 1. The summed E-state index contributed by atoms with van der Waals surface area (Å²) in [5, 5.41) is 0. The SMILES string of the molecule is C#CCc1cnc2cccc(SCCCC)c2n1. The van der Waals surface area contributed by atoms with Gasteiger partial charge in [-0.1, -0.05) is 19.4 Å². The van der Waals surface area contributed by atoms with E-state index in [4.69, 9.17) is 6.42 Å². The molecule has 0 N–H and O–H groups in total. The molecule has 0 aliphatic carbocycles. The molecule has 3 heteroatoms. The molecule has 18 heavy (non-hydrogen) atoms. The zero-order chi connectivity index (χ0) is 12.8. The van der Waals surface area contributed by atoms with Crippen LogP contribution in [-0.2, 0) is 6.42 Å². The largest absolute Gasteiger partial charge is 0.253 e. The van der Waals surface area contributed by atoms with Gasteiger partial charge in [0.15, 0.2) is 0 Å². The predicted octanol–water partition coefficient (Wildman–Crippen LogP) is 3.70. The Morgan fingerprint density at radius 2 is 2.28 bits per heavy atom. The Bertz CT molecular complexity index is 572. The molecule has 0 spiro atoms. The van der Waals surface area contributed by atoms with Crippen LogP contribution in [0.5, 0.6) is 0 Å². The Kier molecular flexibility index (Phi) is 4.60. The Morgan fingerprint density at radius 3 is 3.06 bits per heavy atom. The summed E-state index contributed by atoms with van der Waals surface area (Å²) in [5.41, 5.74) is 2.79. The smallest absolute Gasteiger partial charge is 0.103 e. The van der Waals surface area contributed by atoms with Crippen LogP contribution < -0.4 is 0 Å². The average Bonchev–Trinajstić information content (AvgIpc) is 2.40. The summed E-state index contributed by atoms with van der Waals surface area (Å²) in [7, 11) is 0. The van der Waals surface area contributed by atoms with Gasteiger partial charge < -0.3 is 0 Å². The number of aromatic nitrogens is 2. The van der Waals surface area contributed by atoms with Gasteiger partial charge in [-0.25, -0.2) is 4.98 Å². The standard InChI is InChI=1S/C15H16N2S/c1-3-5-10-18-14-9-6-8-13-15(14)17-12(7-4-2)11-16-13/h2,6,8-9,11H,3,5,7,10H2,1H3. The molecule has 92 valence electrons. The van der Waals surface area contributed by atoms with Gasteiger partial charge in [0.05, 0.1) is 23.8 Å². The molecular formula is C15H16N2S. The third-order valence-corrected chi connectivity index (χ3v) is 3.76. The van der Waals surface area contributed by atoms with E-state index in [2.05, 4.69) is 28.9 Å². The maximum atomic E-state index is 5.32. The lowest BCUT2D eigenvalue weighted by Gasteiger charge is -2.05. The summed E-state index contributed by atoms with van der Waals surface area (Å²) in [4.78, 5) is 10.2. The van der Waals surface area contributed by atoms with Crippen molar-refractivity contribution in [1.29, 1.82) is 0 Å². The Morgan fingerprint density at radius 1 is 1.39 bits per heavy atom. The quantitative estimate of drug-likeness (QED) is 0.463. The van der Waals surface area contributed by atoms with Gasteiger partial charge in [-0.3, -0.25) is 4.98 Å². The first-order valence-corrected chi connectivity index (χ1v) is 7.14. The van der Waals surface area contributed by atoms with Crippen LogP contribution in [0.2, 0.25) is 0 Å². The summed E-state index contributed by atoms with van der Waals surface area (Å²) < 4.78 is 0. The average molecular weight is 256 g/mol. The van der Waals surface area contributed by atoms with Crippen LogP contribution in [0.15, 0.2) is 29.3 Å². The molecule has 0 unspecified atom stereocenters. The van der Waals surface area contributed by atoms with Crippen molar-refractivity contribution in [2.75, 3.05) is 5.75 Å². The highest BCUT2D eigenvalue weighted by molar-refractivity contribution is 7.99. The van der Waals surface area contributed by atoms with Crippen LogP contribution >= 0.6 is 11.8 Å². The number of benzene rings is 1. The molecule has 1 aromatic heterocycles. The molecule has 1 aromatic carbocycles. The number of para-hydroxylation sites is 1. The molecule has 0 saturated carbocycles. The molecule has 2 rings (SSSR count). The van der Waals surface area contributed by atoms with Crippen molar-refractivity contribution in [2.45, 2.75) is 31.1 Å². The van der Waals surface area contributed by atoms with Crippen LogP contribution in [0.4, 0.5) is 0 Å². The van der Waals surface area contributed by atoms with Gasteiger partial charge in [-0.2, -0.15) is 0 Å². The van der Waals surface area contributed by atoms with E-state index in [1.54, 1.807) is 6.20 Å². The molecule has 0 fully saturated rings. The molecule has 0 aliphatic heterocycles. The van der Waals surface area contributed by atoms with Gasteiger partial charge in [-0.15, -0.1) is 24.1 Å². The summed E-state index contributed by atoms with van der Waals surface area (Å²) in [6.07, 6.45) is 10.1. The fourth-order valence-electron chi connectivity index (χ4n) is 1.68. The van der Waals surface area contributed by atoms with E-state index in [9.17, 15) is 0 Å². The van der Waals surface area contributed by atoms with Crippen molar-refractivity contribution in [2.24, 2.45) is 0 Å². The van der Waals surface area contributed by atoms with E-state index in [1.165, 1.54) is 17.7 Å². The second-order valence-corrected chi connectivity index (χ2v) is 5.20. The zero-order valence-corrected chi connectivity index (χ0v) is 11.3. The fourth-order valence-corrected chi connectivity index (χ4v) is 2.79. The highest BCUT2D eigenvalue weighted by atomic mass is 32.2. The predicted molar refractivity (Wildman–Crippen MR) is 77.7 cm³/mol. The summed E-state index contributed by atoms with van der Waals surface area (Å²) in [5.74, 6) is 3.73. The highest BCUT2D eigenvalue weighted by Gasteiger charge is 2.05. The van der Waals surface area contributed by atoms with Crippen molar-refractivity contribution in [3.8, 4) is 12.3 Å². The van der Waals surface area contributed by atoms with E-state index >= 15 is 0 Å². The Hall–Kier alpha value is -1.53. The number of hydrogen-bond acceptors (Lipinski definition) is 3. The molecule has 0 saturated heterocycles. The van der Waals surface area contributed by atoms with Crippen LogP contribution in [-0.4, -0.2) is 15.7 Å². The van der Waals surface area contributed by atoms with Gasteiger partial charge >= 0.3 is 0 Å². The molecule has 0 atom stereocenters. The topological polar surface area (TPSA) is 25.8 Å². The minimum absolute atomic E-state index is 0.539. The Labute approximate surface area is 112 Å². The number of nitrogens with zero attached hydrogens (tertiary/aromatic N) is 2. The summed E-state index contributed by atoms with van der Waals surface area (Å²) >= 11 is 1.85. The van der Waals surface area contributed by atoms with Gasteiger partial charge in [0, 0.05) is 4.90 Å². The zero-order valence-electron chi connectivity index (χ0n) is 10.5. The van der Waals surface area contributed by atoms with Crippen LogP contribution in [0, 0.1) is 12.3 Å². The van der Waals surface area contributed by atoms with Crippen molar-refractivity contribution in [3.63, 3.8) is 0 Å². The third kappa shape index (κ3) is 3.02. The van der Waals surface area contributed by atoms with E-state index in [1.807, 2.05) is 23.9 Å². The molecule has 0 amide bonds. The second kappa shape index (κ2) is 6.42. The first-order chi connectivity index (χ1) is 8.85. The molecule has 0 radical (unpaired) electrons. The van der Waals surface area contributed by atoms with Crippen LogP contribution in [0.1, 0.15) is 25.5 Å². The minimum atomic E-state index is 0.539. The monoisotopic (exact) mass is 256 g/mol. The van der Waals surface area contributed by atoms with Gasteiger partial charge in [0.2, 0.25) is 0 Å². The molecule has 0 bridgehead atoms. The highest BCUT2D eigenvalue weighted by Crippen LogP contribution is 2.26. The van der Waals surface area contributed by atoms with E-state index < -0.39 is 0 Å². The maximum absolute atomic E-state index is 5.32. The lowest BCUT2D eigenvalue weighted by atomic mass is 10.2. The molecule has 0 aliphatic rings. The van der Waals surface area contributed by atoms with E-state index in [0.717, 1.165) is 22.5 Å². The molecule has 2 nitrogen and oxygen atoms in total. The lowest BCUT2D eigenvalue weighted by molar-refractivity contribution is 0.896. The lowest BCUT2D eigenvalue weighted by Crippen LogP contribution is -1.93. The number of thioether (sulfide) groups is 1. The number of rotatable bonds is 5. The van der Waals surface area contributed by atoms with Crippen molar-refractivity contribution >= 4 is 22.8 Å². The van der Waals surface area contributed by atoms with Crippen LogP contribution in [0.25, 0.3) is 11.0 Å². The number of hydrogen-bond donors (Lipinski definition) is 0. The summed E-state index contributed by atoms with van der Waals surface area (Å²) in [6.45, 7) is 2.20. The van der Waals surface area contributed by atoms with Crippen molar-refractivity contribution in [1.82, 2.24) is 9.97 Å². The second-order valence-electron chi connectivity index (χ2n) is 4.07. The molecular weight excluding hydrogens is 240 g/mol.